The van der Waals surface area contributed by atoms with Crippen molar-refractivity contribution in [2.24, 2.45) is 40.4 Å². The second-order valence-electron chi connectivity index (χ2n) is 9.56. The number of hydrogen-bond acceptors (Lipinski definition) is 2. The Morgan fingerprint density at radius 1 is 1.09 bits per heavy atom. The largest absolute Gasteiger partial charge is 0.393 e. The summed E-state index contributed by atoms with van der Waals surface area (Å²) >= 11 is 0. The molecule has 0 aliphatic heterocycles. The molecule has 2 nitrogen and oxygen atoms in total. The average molecular weight is 304 g/mol. The standard InChI is InChI=1S/C20H32O2/c1-12-11-20(3)13(10-17(12)21)4-5-14-15-6-7-18(22)19(15,2)9-8-16(14)20/h12-17,21H,4-11H2,1-3H3/t12-,13-,14+,15+,16+,17+,19+,20+/m1/s1. The van der Waals surface area contributed by atoms with Gasteiger partial charge in [-0.05, 0) is 80.0 Å². The van der Waals surface area contributed by atoms with E-state index in [4.69, 9.17) is 0 Å². The van der Waals surface area contributed by atoms with Gasteiger partial charge in [-0.1, -0.05) is 20.8 Å². The van der Waals surface area contributed by atoms with Gasteiger partial charge in [-0.2, -0.15) is 0 Å². The molecule has 124 valence electrons. The Morgan fingerprint density at radius 3 is 2.64 bits per heavy atom. The van der Waals surface area contributed by atoms with E-state index in [9.17, 15) is 9.90 Å². The number of hydrogen-bond donors (Lipinski definition) is 1. The zero-order valence-electron chi connectivity index (χ0n) is 14.5. The van der Waals surface area contributed by atoms with Crippen molar-refractivity contribution < 1.29 is 9.90 Å². The molecule has 22 heavy (non-hydrogen) atoms. The molecule has 4 aliphatic rings. The van der Waals surface area contributed by atoms with E-state index < -0.39 is 0 Å². The van der Waals surface area contributed by atoms with Gasteiger partial charge in [-0.15, -0.1) is 0 Å². The second-order valence-corrected chi connectivity index (χ2v) is 9.56. The van der Waals surface area contributed by atoms with Crippen molar-refractivity contribution >= 4 is 5.78 Å². The molecule has 8 atom stereocenters. The highest BCUT2D eigenvalue weighted by Crippen LogP contribution is 2.65. The molecule has 0 aromatic heterocycles. The Morgan fingerprint density at radius 2 is 1.86 bits per heavy atom. The van der Waals surface area contributed by atoms with E-state index in [2.05, 4.69) is 20.8 Å². The zero-order valence-corrected chi connectivity index (χ0v) is 14.5. The Kier molecular flexibility index (Phi) is 3.32. The van der Waals surface area contributed by atoms with Gasteiger partial charge < -0.3 is 5.11 Å². The number of ketones is 1. The Balaban J connectivity index is 1.65. The first-order chi connectivity index (χ1) is 10.4. The highest BCUT2D eigenvalue weighted by Gasteiger charge is 2.60. The van der Waals surface area contributed by atoms with Crippen LogP contribution in [0.25, 0.3) is 0 Å². The zero-order chi connectivity index (χ0) is 15.7. The van der Waals surface area contributed by atoms with Crippen molar-refractivity contribution in [2.75, 3.05) is 0 Å². The summed E-state index contributed by atoms with van der Waals surface area (Å²) in [7, 11) is 0. The molecule has 4 saturated carbocycles. The highest BCUT2D eigenvalue weighted by atomic mass is 16.3. The maximum absolute atomic E-state index is 12.4. The number of carbonyl (C=O) groups excluding carboxylic acids is 1. The Bertz CT molecular complexity index is 486. The third-order valence-electron chi connectivity index (χ3n) is 8.72. The summed E-state index contributed by atoms with van der Waals surface area (Å²) in [6.07, 6.45) is 9.06. The smallest absolute Gasteiger partial charge is 0.139 e. The Hall–Kier alpha value is -0.370. The first-order valence-electron chi connectivity index (χ1n) is 9.57. The van der Waals surface area contributed by atoms with Gasteiger partial charge >= 0.3 is 0 Å². The third kappa shape index (κ3) is 1.85. The summed E-state index contributed by atoms with van der Waals surface area (Å²) in [6, 6.07) is 0. The molecular formula is C20H32O2. The maximum atomic E-state index is 12.4. The van der Waals surface area contributed by atoms with Crippen molar-refractivity contribution in [3.8, 4) is 0 Å². The fraction of sp³-hybridized carbons (Fsp3) is 0.950. The minimum Gasteiger partial charge on any atom is -0.393 e. The lowest BCUT2D eigenvalue weighted by atomic mass is 9.44. The summed E-state index contributed by atoms with van der Waals surface area (Å²) in [5, 5.41) is 10.3. The van der Waals surface area contributed by atoms with Crippen LogP contribution in [-0.4, -0.2) is 17.0 Å². The topological polar surface area (TPSA) is 37.3 Å². The van der Waals surface area contributed by atoms with E-state index in [1.54, 1.807) is 0 Å². The number of Topliss-reactive ketones (excluding diaryl/α,β-unsaturated/α-hetero) is 1. The monoisotopic (exact) mass is 304 g/mol. The van der Waals surface area contributed by atoms with Crippen molar-refractivity contribution in [3.05, 3.63) is 0 Å². The average Bonchev–Trinajstić information content (AvgIpc) is 2.77. The summed E-state index contributed by atoms with van der Waals surface area (Å²) in [4.78, 5) is 12.4. The first-order valence-corrected chi connectivity index (χ1v) is 9.57. The van der Waals surface area contributed by atoms with Crippen molar-refractivity contribution in [3.63, 3.8) is 0 Å². The molecule has 0 radical (unpaired) electrons. The molecule has 0 spiro atoms. The molecular weight excluding hydrogens is 272 g/mol. The summed E-state index contributed by atoms with van der Waals surface area (Å²) in [6.45, 7) is 7.03. The lowest BCUT2D eigenvalue weighted by Gasteiger charge is -2.61. The highest BCUT2D eigenvalue weighted by molar-refractivity contribution is 5.87. The molecule has 2 heteroatoms. The number of rotatable bonds is 0. The molecule has 0 heterocycles. The lowest BCUT2D eigenvalue weighted by Crippen LogP contribution is -2.55. The number of fused-ring (bicyclic) bond motifs is 5. The number of aliphatic hydroxyl groups is 1. The van der Waals surface area contributed by atoms with Crippen molar-refractivity contribution in [2.45, 2.75) is 78.2 Å². The quantitative estimate of drug-likeness (QED) is 0.728. The van der Waals surface area contributed by atoms with Gasteiger partial charge in [-0.25, -0.2) is 0 Å². The van der Waals surface area contributed by atoms with E-state index in [0.29, 0.717) is 29.0 Å². The molecule has 0 aromatic rings. The van der Waals surface area contributed by atoms with Crippen molar-refractivity contribution in [1.29, 1.82) is 0 Å². The third-order valence-corrected chi connectivity index (χ3v) is 8.72. The van der Waals surface area contributed by atoms with Crippen LogP contribution in [0.1, 0.15) is 72.1 Å². The van der Waals surface area contributed by atoms with Crippen LogP contribution >= 0.6 is 0 Å². The predicted octanol–water partition coefficient (Wildman–Crippen LogP) is 4.21. The van der Waals surface area contributed by atoms with E-state index in [0.717, 1.165) is 37.5 Å². The van der Waals surface area contributed by atoms with Gasteiger partial charge in [0.25, 0.3) is 0 Å². The van der Waals surface area contributed by atoms with Crippen LogP contribution in [0.4, 0.5) is 0 Å². The van der Waals surface area contributed by atoms with Gasteiger partial charge in [0.15, 0.2) is 0 Å². The van der Waals surface area contributed by atoms with E-state index in [1.165, 1.54) is 25.7 Å². The fourth-order valence-electron chi connectivity index (χ4n) is 7.36. The lowest BCUT2D eigenvalue weighted by molar-refractivity contribution is -0.148. The normalized spacial score (nSPS) is 57.9. The van der Waals surface area contributed by atoms with Crippen LogP contribution in [0.5, 0.6) is 0 Å². The first kappa shape index (κ1) is 15.2. The van der Waals surface area contributed by atoms with Crippen LogP contribution in [0.2, 0.25) is 0 Å². The van der Waals surface area contributed by atoms with Gasteiger partial charge in [0.1, 0.15) is 5.78 Å². The van der Waals surface area contributed by atoms with Crippen LogP contribution in [-0.2, 0) is 4.79 Å². The summed E-state index contributed by atoms with van der Waals surface area (Å²) in [5.41, 5.74) is 0.415. The van der Waals surface area contributed by atoms with Crippen LogP contribution < -0.4 is 0 Å². The summed E-state index contributed by atoms with van der Waals surface area (Å²) in [5.74, 6) is 3.92. The summed E-state index contributed by atoms with van der Waals surface area (Å²) < 4.78 is 0. The van der Waals surface area contributed by atoms with Crippen LogP contribution in [0, 0.1) is 40.4 Å². The van der Waals surface area contributed by atoms with E-state index in [-0.39, 0.29) is 11.5 Å². The van der Waals surface area contributed by atoms with Gasteiger partial charge in [-0.3, -0.25) is 4.79 Å². The number of aliphatic hydroxyl groups excluding tert-OH is 1. The number of carbonyl (C=O) groups is 1. The van der Waals surface area contributed by atoms with Crippen molar-refractivity contribution in [1.82, 2.24) is 0 Å². The second kappa shape index (κ2) is 4.82. The van der Waals surface area contributed by atoms with E-state index in [1.807, 2.05) is 0 Å². The fourth-order valence-corrected chi connectivity index (χ4v) is 7.36. The van der Waals surface area contributed by atoms with E-state index >= 15 is 0 Å². The molecule has 0 saturated heterocycles. The molecule has 0 bridgehead atoms. The van der Waals surface area contributed by atoms with Gasteiger partial charge in [0.05, 0.1) is 6.10 Å². The molecule has 0 unspecified atom stereocenters. The molecule has 0 amide bonds. The molecule has 4 aliphatic carbocycles. The molecule has 4 rings (SSSR count). The SMILES string of the molecule is C[C@@H]1C[C@@]2(C)[C@H](CC[C@@H]3[C@@H]2CC[C@]2(C)C(=O)CC[C@@H]32)C[C@@H]1O. The van der Waals surface area contributed by atoms with Gasteiger partial charge in [0, 0.05) is 11.8 Å². The minimum atomic E-state index is -0.0865. The predicted molar refractivity (Wildman–Crippen MR) is 87.3 cm³/mol. The van der Waals surface area contributed by atoms with Gasteiger partial charge in [0.2, 0.25) is 0 Å². The molecule has 4 fully saturated rings. The van der Waals surface area contributed by atoms with Crippen LogP contribution in [0.15, 0.2) is 0 Å². The Labute approximate surface area is 135 Å². The van der Waals surface area contributed by atoms with Crippen LogP contribution in [0.3, 0.4) is 0 Å². The minimum absolute atomic E-state index is 0.00413. The molecule has 1 N–H and O–H groups in total. The molecule has 0 aromatic carbocycles. The maximum Gasteiger partial charge on any atom is 0.139 e.